The zero-order valence-corrected chi connectivity index (χ0v) is 15.5. The molecule has 1 N–H and O–H groups in total. The van der Waals surface area contributed by atoms with Gasteiger partial charge in [0, 0.05) is 17.5 Å². The molecule has 136 valence electrons. The standard InChI is InChI=1S/C20H22ClN3O2/c1-2-24(20(26)18-16-10-3-4-11(7-10)17(16)18)9-15-22-14-8-12(21)5-6-13(14)19(25)23-15/h5-6,8,10-11,16-18H,2-4,7,9H2,1H3,(H,22,23,25)/t10-,11+,16+,17-,18?. The molecular weight excluding hydrogens is 350 g/mol. The van der Waals surface area contributed by atoms with Crippen LogP contribution in [0.1, 0.15) is 32.0 Å². The van der Waals surface area contributed by atoms with Gasteiger partial charge in [0.1, 0.15) is 5.82 Å². The molecule has 5 rings (SSSR count). The van der Waals surface area contributed by atoms with Gasteiger partial charge in [0.15, 0.2) is 0 Å². The Hall–Kier alpha value is -1.88. The number of rotatable bonds is 4. The van der Waals surface area contributed by atoms with Crippen LogP contribution in [0.25, 0.3) is 10.9 Å². The lowest BCUT2D eigenvalue weighted by Crippen LogP contribution is -2.34. The Morgan fingerprint density at radius 3 is 2.73 bits per heavy atom. The van der Waals surface area contributed by atoms with Crippen LogP contribution in [0.15, 0.2) is 23.0 Å². The minimum atomic E-state index is -0.188. The lowest BCUT2D eigenvalue weighted by Gasteiger charge is -2.22. The highest BCUT2D eigenvalue weighted by Gasteiger charge is 2.67. The first-order valence-corrected chi connectivity index (χ1v) is 9.92. The Balaban J connectivity index is 1.38. The van der Waals surface area contributed by atoms with Crippen molar-refractivity contribution >= 4 is 28.4 Å². The molecule has 0 radical (unpaired) electrons. The van der Waals surface area contributed by atoms with Crippen LogP contribution in [0.3, 0.4) is 0 Å². The minimum Gasteiger partial charge on any atom is -0.335 e. The van der Waals surface area contributed by atoms with Crippen LogP contribution in [0.4, 0.5) is 0 Å². The number of hydrogen-bond acceptors (Lipinski definition) is 3. The van der Waals surface area contributed by atoms with Crippen LogP contribution in [-0.2, 0) is 11.3 Å². The summed E-state index contributed by atoms with van der Waals surface area (Å²) in [4.78, 5) is 34.6. The molecule has 0 spiro atoms. The summed E-state index contributed by atoms with van der Waals surface area (Å²) in [6.07, 6.45) is 3.95. The molecule has 0 saturated heterocycles. The molecule has 0 aliphatic heterocycles. The highest BCUT2D eigenvalue weighted by atomic mass is 35.5. The average Bonchev–Trinajstić information content (AvgIpc) is 3.05. The number of nitrogens with one attached hydrogen (secondary N) is 1. The fourth-order valence-corrected chi connectivity index (χ4v) is 5.79. The highest BCUT2D eigenvalue weighted by Crippen LogP contribution is 2.69. The fraction of sp³-hybridized carbons (Fsp3) is 0.550. The highest BCUT2D eigenvalue weighted by molar-refractivity contribution is 6.31. The number of fused-ring (bicyclic) bond motifs is 6. The molecule has 3 saturated carbocycles. The minimum absolute atomic E-state index is 0.188. The Bertz CT molecular complexity index is 940. The number of carbonyl (C=O) groups is 1. The SMILES string of the molecule is CCN(Cc1nc2cc(Cl)ccc2c(=O)[nH]1)C(=O)C1[C@@H]2[C@H]3CC[C@H](C3)[C@H]12. The van der Waals surface area contributed by atoms with Gasteiger partial charge in [-0.25, -0.2) is 4.98 Å². The number of hydrogen-bond donors (Lipinski definition) is 1. The van der Waals surface area contributed by atoms with Gasteiger partial charge in [-0.3, -0.25) is 9.59 Å². The molecule has 2 aromatic rings. The van der Waals surface area contributed by atoms with Crippen LogP contribution in [0.5, 0.6) is 0 Å². The van der Waals surface area contributed by atoms with E-state index in [1.807, 2.05) is 11.8 Å². The largest absolute Gasteiger partial charge is 0.335 e. The quantitative estimate of drug-likeness (QED) is 0.897. The van der Waals surface area contributed by atoms with E-state index in [4.69, 9.17) is 11.6 Å². The van der Waals surface area contributed by atoms with E-state index in [-0.39, 0.29) is 17.4 Å². The molecule has 5 atom stereocenters. The first-order valence-electron chi connectivity index (χ1n) is 9.54. The van der Waals surface area contributed by atoms with Gasteiger partial charge in [-0.05, 0) is 68.1 Å². The molecule has 6 heteroatoms. The van der Waals surface area contributed by atoms with E-state index in [1.165, 1.54) is 19.3 Å². The third-order valence-electron chi connectivity index (χ3n) is 6.77. The Morgan fingerprint density at radius 1 is 1.31 bits per heavy atom. The molecule has 26 heavy (non-hydrogen) atoms. The molecule has 5 nitrogen and oxygen atoms in total. The third kappa shape index (κ3) is 2.40. The molecular formula is C20H22ClN3O2. The van der Waals surface area contributed by atoms with Crippen molar-refractivity contribution < 1.29 is 4.79 Å². The Morgan fingerprint density at radius 2 is 2.04 bits per heavy atom. The van der Waals surface area contributed by atoms with Crippen molar-refractivity contribution in [3.05, 3.63) is 39.4 Å². The number of halogens is 1. The van der Waals surface area contributed by atoms with Crippen molar-refractivity contribution in [3.63, 3.8) is 0 Å². The van der Waals surface area contributed by atoms with Gasteiger partial charge in [0.05, 0.1) is 17.4 Å². The van der Waals surface area contributed by atoms with E-state index < -0.39 is 0 Å². The lowest BCUT2D eigenvalue weighted by molar-refractivity contribution is -0.134. The van der Waals surface area contributed by atoms with Crippen molar-refractivity contribution in [2.75, 3.05) is 6.54 Å². The van der Waals surface area contributed by atoms with Crippen molar-refractivity contribution in [1.82, 2.24) is 14.9 Å². The van der Waals surface area contributed by atoms with Crippen LogP contribution in [-0.4, -0.2) is 27.3 Å². The normalized spacial score (nSPS) is 31.2. The predicted molar refractivity (Wildman–Crippen MR) is 99.8 cm³/mol. The summed E-state index contributed by atoms with van der Waals surface area (Å²) in [7, 11) is 0. The van der Waals surface area contributed by atoms with Crippen molar-refractivity contribution in [1.29, 1.82) is 0 Å². The number of H-pyrrole nitrogens is 1. The zero-order chi connectivity index (χ0) is 18.0. The first-order chi connectivity index (χ1) is 12.6. The second kappa shape index (κ2) is 5.81. The van der Waals surface area contributed by atoms with Gasteiger partial charge in [0.25, 0.3) is 5.56 Å². The number of aromatic amines is 1. The number of benzene rings is 1. The summed E-state index contributed by atoms with van der Waals surface area (Å²) < 4.78 is 0. The summed E-state index contributed by atoms with van der Waals surface area (Å²) in [6.45, 7) is 2.96. The number of carbonyl (C=O) groups excluding carboxylic acids is 1. The van der Waals surface area contributed by atoms with Crippen molar-refractivity contribution in [2.45, 2.75) is 32.7 Å². The fourth-order valence-electron chi connectivity index (χ4n) is 5.63. The lowest BCUT2D eigenvalue weighted by atomic mass is 10.0. The van der Waals surface area contributed by atoms with Crippen LogP contribution in [0, 0.1) is 29.6 Å². The summed E-state index contributed by atoms with van der Waals surface area (Å²) in [5, 5.41) is 1.06. The van der Waals surface area contributed by atoms with Crippen LogP contribution >= 0.6 is 11.6 Å². The summed E-state index contributed by atoms with van der Waals surface area (Å²) in [5.74, 6) is 3.77. The molecule has 1 amide bonds. The average molecular weight is 372 g/mol. The molecule has 2 bridgehead atoms. The maximum atomic E-state index is 13.1. The molecule has 1 aromatic heterocycles. The predicted octanol–water partition coefficient (Wildman–Crippen LogP) is 3.22. The van der Waals surface area contributed by atoms with Gasteiger partial charge in [-0.2, -0.15) is 0 Å². The van der Waals surface area contributed by atoms with E-state index in [0.717, 1.165) is 11.8 Å². The van der Waals surface area contributed by atoms with Crippen molar-refractivity contribution in [3.8, 4) is 0 Å². The Labute approximate surface area is 156 Å². The van der Waals surface area contributed by atoms with E-state index >= 15 is 0 Å². The zero-order valence-electron chi connectivity index (χ0n) is 14.7. The van der Waals surface area contributed by atoms with Gasteiger partial charge >= 0.3 is 0 Å². The second-order valence-electron chi connectivity index (χ2n) is 8.04. The smallest absolute Gasteiger partial charge is 0.258 e. The summed E-state index contributed by atoms with van der Waals surface area (Å²) in [6, 6.07) is 5.05. The molecule has 3 aliphatic carbocycles. The van der Waals surface area contributed by atoms with E-state index in [0.29, 0.717) is 46.7 Å². The topological polar surface area (TPSA) is 66.1 Å². The molecule has 1 aromatic carbocycles. The maximum Gasteiger partial charge on any atom is 0.258 e. The third-order valence-corrected chi connectivity index (χ3v) is 7.01. The van der Waals surface area contributed by atoms with E-state index in [9.17, 15) is 9.59 Å². The molecule has 3 fully saturated rings. The molecule has 3 aliphatic rings. The number of nitrogens with zero attached hydrogens (tertiary/aromatic N) is 2. The first kappa shape index (κ1) is 16.3. The van der Waals surface area contributed by atoms with Crippen molar-refractivity contribution in [2.24, 2.45) is 29.6 Å². The summed E-state index contributed by atoms with van der Waals surface area (Å²) in [5.41, 5.74) is 0.382. The molecule has 1 heterocycles. The monoisotopic (exact) mass is 371 g/mol. The van der Waals surface area contributed by atoms with Gasteiger partial charge in [0.2, 0.25) is 5.91 Å². The second-order valence-corrected chi connectivity index (χ2v) is 8.48. The van der Waals surface area contributed by atoms with Gasteiger partial charge < -0.3 is 9.88 Å². The van der Waals surface area contributed by atoms with Gasteiger partial charge in [-0.15, -0.1) is 0 Å². The molecule has 1 unspecified atom stereocenters. The maximum absolute atomic E-state index is 13.1. The van der Waals surface area contributed by atoms with Crippen LogP contribution < -0.4 is 5.56 Å². The number of aromatic nitrogens is 2. The summed E-state index contributed by atoms with van der Waals surface area (Å²) >= 11 is 6.03. The Kier molecular flexibility index (Phi) is 3.64. The number of amides is 1. The van der Waals surface area contributed by atoms with E-state index in [1.54, 1.807) is 18.2 Å². The van der Waals surface area contributed by atoms with E-state index in [2.05, 4.69) is 9.97 Å². The van der Waals surface area contributed by atoms with Crippen LogP contribution in [0.2, 0.25) is 5.02 Å². The van der Waals surface area contributed by atoms with Gasteiger partial charge in [-0.1, -0.05) is 11.6 Å².